The number of anilines is 1. The van der Waals surface area contributed by atoms with Crippen molar-refractivity contribution >= 4 is 35.2 Å². The number of carbonyl (C=O) groups is 3. The number of methoxy groups -OCH3 is 1. The van der Waals surface area contributed by atoms with Gasteiger partial charge in [0.1, 0.15) is 17.4 Å². The van der Waals surface area contributed by atoms with Gasteiger partial charge in [0, 0.05) is 22.2 Å². The Hall–Kier alpha value is -3.30. The number of nitrogens with one attached hydrogen (secondary N) is 2. The quantitative estimate of drug-likeness (QED) is 0.371. The van der Waals surface area contributed by atoms with Crippen molar-refractivity contribution in [1.82, 2.24) is 10.2 Å². The largest absolute Gasteiger partial charge is 0.496 e. The van der Waals surface area contributed by atoms with Crippen molar-refractivity contribution < 1.29 is 23.9 Å². The summed E-state index contributed by atoms with van der Waals surface area (Å²) in [6, 6.07) is 14.3. The fourth-order valence-corrected chi connectivity index (χ4v) is 7.37. The smallest absolute Gasteiger partial charge is 0.246 e. The second kappa shape index (κ2) is 10.9. The van der Waals surface area contributed by atoms with Crippen molar-refractivity contribution in [3.05, 3.63) is 66.2 Å². The molecule has 40 heavy (non-hydrogen) atoms. The van der Waals surface area contributed by atoms with E-state index < -0.39 is 29.6 Å². The van der Waals surface area contributed by atoms with Crippen molar-refractivity contribution in [2.24, 2.45) is 11.8 Å². The summed E-state index contributed by atoms with van der Waals surface area (Å²) in [5.41, 5.74) is 0.255. The number of hydrogen-bond donors (Lipinski definition) is 2. The van der Waals surface area contributed by atoms with E-state index in [2.05, 4.69) is 10.6 Å². The lowest BCUT2D eigenvalue weighted by molar-refractivity contribution is -0.142. The van der Waals surface area contributed by atoms with Crippen molar-refractivity contribution in [2.45, 2.75) is 67.3 Å². The molecule has 0 unspecified atom stereocenters. The third kappa shape index (κ3) is 4.59. The lowest BCUT2D eigenvalue weighted by atomic mass is 9.74. The van der Waals surface area contributed by atoms with Crippen LogP contribution in [-0.2, 0) is 25.7 Å². The number of nitrogens with zero attached hydrogens (tertiary/aromatic N) is 1. The van der Waals surface area contributed by atoms with E-state index >= 15 is 0 Å². The van der Waals surface area contributed by atoms with Gasteiger partial charge < -0.3 is 25.0 Å². The third-order valence-electron chi connectivity index (χ3n) is 8.75. The molecule has 8 nitrogen and oxygen atoms in total. The molecule has 9 heteroatoms. The Labute approximate surface area is 238 Å². The molecule has 2 N–H and O–H groups in total. The van der Waals surface area contributed by atoms with Crippen LogP contribution >= 0.6 is 11.8 Å². The number of ether oxygens (including phenoxy) is 2. The maximum atomic E-state index is 14.3. The SMILES string of the molecule is COc1ccccc1CN1C(=O)[C@H]2[C@H](C(=O)Nc3cccc(SC)c3)[C@H]3C=C[C@@]2(O3)[C@@H]1C(=O)NC1CCCCC1. The zero-order valence-electron chi connectivity index (χ0n) is 22.8. The molecular formula is C31H35N3O5S. The Morgan fingerprint density at radius 3 is 2.67 bits per heavy atom. The lowest BCUT2D eigenvalue weighted by Crippen LogP contribution is -2.56. The van der Waals surface area contributed by atoms with E-state index in [9.17, 15) is 14.4 Å². The van der Waals surface area contributed by atoms with Crippen molar-refractivity contribution in [1.29, 1.82) is 0 Å². The van der Waals surface area contributed by atoms with Crippen LogP contribution in [0.1, 0.15) is 37.7 Å². The summed E-state index contributed by atoms with van der Waals surface area (Å²) < 4.78 is 12.0. The first-order chi connectivity index (χ1) is 19.4. The molecule has 0 radical (unpaired) electrons. The van der Waals surface area contributed by atoms with Crippen molar-refractivity contribution in [3.8, 4) is 5.75 Å². The highest BCUT2D eigenvalue weighted by atomic mass is 32.2. The van der Waals surface area contributed by atoms with Gasteiger partial charge in [0.15, 0.2) is 0 Å². The van der Waals surface area contributed by atoms with Crippen LogP contribution in [0.4, 0.5) is 5.69 Å². The van der Waals surface area contributed by atoms with Crippen LogP contribution in [0.3, 0.4) is 0 Å². The molecular weight excluding hydrogens is 526 g/mol. The molecule has 3 aliphatic heterocycles. The van der Waals surface area contributed by atoms with E-state index in [1.807, 2.05) is 66.9 Å². The van der Waals surface area contributed by atoms with Gasteiger partial charge in [-0.05, 0) is 43.4 Å². The van der Waals surface area contributed by atoms with Crippen molar-refractivity contribution in [2.75, 3.05) is 18.7 Å². The highest BCUT2D eigenvalue weighted by Crippen LogP contribution is 2.55. The van der Waals surface area contributed by atoms with E-state index in [1.54, 1.807) is 23.8 Å². The minimum Gasteiger partial charge on any atom is -0.496 e. The summed E-state index contributed by atoms with van der Waals surface area (Å²) >= 11 is 1.59. The molecule has 0 aromatic heterocycles. The maximum Gasteiger partial charge on any atom is 0.246 e. The predicted octanol–water partition coefficient (Wildman–Crippen LogP) is 4.16. The number of carbonyl (C=O) groups excluding carboxylic acids is 3. The zero-order valence-corrected chi connectivity index (χ0v) is 23.6. The zero-order chi connectivity index (χ0) is 27.9. The highest BCUT2D eigenvalue weighted by molar-refractivity contribution is 7.98. The van der Waals surface area contributed by atoms with E-state index in [0.717, 1.165) is 36.1 Å². The number of hydrogen-bond acceptors (Lipinski definition) is 6. The summed E-state index contributed by atoms with van der Waals surface area (Å²) in [6.45, 7) is 0.176. The Balaban J connectivity index is 1.33. The van der Waals surface area contributed by atoms with Gasteiger partial charge in [-0.3, -0.25) is 14.4 Å². The first-order valence-corrected chi connectivity index (χ1v) is 15.2. The average molecular weight is 562 g/mol. The second-order valence-corrected chi connectivity index (χ2v) is 11.9. The number of benzene rings is 2. The van der Waals surface area contributed by atoms with E-state index in [-0.39, 0.29) is 30.3 Å². The number of thioether (sulfide) groups is 1. The van der Waals surface area contributed by atoms with Crippen LogP contribution in [0, 0.1) is 11.8 Å². The Bertz CT molecular complexity index is 1340. The van der Waals surface area contributed by atoms with Gasteiger partial charge in [-0.2, -0.15) is 0 Å². The van der Waals surface area contributed by atoms with Crippen LogP contribution in [0.2, 0.25) is 0 Å². The van der Waals surface area contributed by atoms with E-state index in [4.69, 9.17) is 9.47 Å². The van der Waals surface area contributed by atoms with Crippen LogP contribution in [0.25, 0.3) is 0 Å². The Morgan fingerprint density at radius 2 is 1.90 bits per heavy atom. The van der Waals surface area contributed by atoms with Gasteiger partial charge in [-0.25, -0.2) is 0 Å². The van der Waals surface area contributed by atoms with Gasteiger partial charge in [0.05, 0.1) is 31.6 Å². The van der Waals surface area contributed by atoms with Gasteiger partial charge in [0.25, 0.3) is 0 Å². The molecule has 2 saturated heterocycles. The second-order valence-electron chi connectivity index (χ2n) is 11.0. The number of likely N-dealkylation sites (tertiary alicyclic amines) is 1. The standard InChI is InChI=1S/C31H35N3O5S/c1-38-23-14-7-6-9-19(23)18-34-27(29(36)32-20-10-4-3-5-11-20)31-16-15-24(39-31)25(26(31)30(34)37)28(35)33-21-12-8-13-22(17-21)40-2/h6-9,12-17,20,24-27H,3-5,10-11,18H2,1-2H3,(H,32,36)(H,33,35)/t24-,25-,26-,27+,31+/m1/s1. The molecule has 2 bridgehead atoms. The molecule has 210 valence electrons. The van der Waals surface area contributed by atoms with Gasteiger partial charge >= 0.3 is 0 Å². The monoisotopic (exact) mass is 561 g/mol. The van der Waals surface area contributed by atoms with Gasteiger partial charge in [0.2, 0.25) is 17.7 Å². The summed E-state index contributed by atoms with van der Waals surface area (Å²) in [5, 5.41) is 6.24. The van der Waals surface area contributed by atoms with Crippen LogP contribution in [0.15, 0.2) is 65.6 Å². The molecule has 1 spiro atoms. The molecule has 3 heterocycles. The first-order valence-electron chi connectivity index (χ1n) is 14.0. The van der Waals surface area contributed by atoms with Gasteiger partial charge in [-0.15, -0.1) is 11.8 Å². The summed E-state index contributed by atoms with van der Waals surface area (Å²) in [5.74, 6) is -1.67. The summed E-state index contributed by atoms with van der Waals surface area (Å²) in [7, 11) is 1.59. The topological polar surface area (TPSA) is 97.0 Å². The normalized spacial score (nSPS) is 28.9. The van der Waals surface area contributed by atoms with Gasteiger partial charge in [-0.1, -0.05) is 55.7 Å². The molecule has 3 fully saturated rings. The van der Waals surface area contributed by atoms with Crippen LogP contribution < -0.4 is 15.4 Å². The molecule has 2 aromatic carbocycles. The van der Waals surface area contributed by atoms with Crippen LogP contribution in [-0.4, -0.2) is 59.8 Å². The number of fused-ring (bicyclic) bond motifs is 1. The molecule has 1 aliphatic carbocycles. The molecule has 5 atom stereocenters. The predicted molar refractivity (Wildman–Crippen MR) is 153 cm³/mol. The number of amides is 3. The lowest BCUT2D eigenvalue weighted by Gasteiger charge is -2.34. The van der Waals surface area contributed by atoms with Crippen molar-refractivity contribution in [3.63, 3.8) is 0 Å². The molecule has 6 rings (SSSR count). The first kappa shape index (κ1) is 26.9. The minimum absolute atomic E-state index is 0.0744. The molecule has 1 saturated carbocycles. The number of para-hydroxylation sites is 1. The fraction of sp³-hybridized carbons (Fsp3) is 0.452. The minimum atomic E-state index is -1.20. The molecule has 3 amide bonds. The third-order valence-corrected chi connectivity index (χ3v) is 9.47. The maximum absolute atomic E-state index is 14.3. The molecule has 2 aromatic rings. The molecule has 4 aliphatic rings. The Kier molecular flexibility index (Phi) is 7.35. The average Bonchev–Trinajstić information content (AvgIpc) is 3.61. The van der Waals surface area contributed by atoms with Crippen LogP contribution in [0.5, 0.6) is 5.75 Å². The summed E-state index contributed by atoms with van der Waals surface area (Å²) in [4.78, 5) is 44.6. The van der Waals surface area contributed by atoms with E-state index in [0.29, 0.717) is 11.4 Å². The Morgan fingerprint density at radius 1 is 1.10 bits per heavy atom. The summed E-state index contributed by atoms with van der Waals surface area (Å²) in [6.07, 6.45) is 10.3. The fourth-order valence-electron chi connectivity index (χ4n) is 6.91. The van der Waals surface area contributed by atoms with E-state index in [1.165, 1.54) is 6.42 Å². The highest BCUT2D eigenvalue weighted by Gasteiger charge is 2.72. The number of rotatable bonds is 8.